The van der Waals surface area contributed by atoms with Gasteiger partial charge >= 0.3 is 0 Å². The Labute approximate surface area is 84.1 Å². The summed E-state index contributed by atoms with van der Waals surface area (Å²) in [6.07, 6.45) is 0.925. The Bertz CT molecular complexity index is 330. The van der Waals surface area contributed by atoms with Crippen molar-refractivity contribution in [3.05, 3.63) is 17.0 Å². The lowest BCUT2D eigenvalue weighted by molar-refractivity contribution is 0.0933. The van der Waals surface area contributed by atoms with E-state index in [1.165, 1.54) is 0 Å². The van der Waals surface area contributed by atoms with Crippen molar-refractivity contribution in [2.24, 2.45) is 0 Å². The predicted octanol–water partition coefficient (Wildman–Crippen LogP) is 1.55. The molecule has 1 amide bonds. The molecule has 0 saturated heterocycles. The zero-order chi connectivity index (χ0) is 10.7. The average Bonchev–Trinajstić information content (AvgIpc) is 2.47. The molecule has 1 aromatic heterocycles. The van der Waals surface area contributed by atoms with Gasteiger partial charge in [-0.1, -0.05) is 6.92 Å². The molecule has 0 aliphatic rings. The van der Waals surface area contributed by atoms with Crippen LogP contribution in [-0.4, -0.2) is 22.1 Å². The Morgan fingerprint density at radius 2 is 2.21 bits per heavy atom. The van der Waals surface area contributed by atoms with E-state index in [2.05, 4.69) is 15.5 Å². The standard InChI is InChI=1S/C10H17N3O/c1-5-6(2)11-10(14)9-7(3)8(4)12-13-9/h6H,5H2,1-4H3,(H,11,14)(H,12,13). The fraction of sp³-hybridized carbons (Fsp3) is 0.600. The van der Waals surface area contributed by atoms with Gasteiger partial charge in [-0.2, -0.15) is 5.10 Å². The molecule has 0 aliphatic carbocycles. The summed E-state index contributed by atoms with van der Waals surface area (Å²) in [5.74, 6) is -0.0961. The molecule has 0 fully saturated rings. The first-order valence-corrected chi connectivity index (χ1v) is 4.88. The van der Waals surface area contributed by atoms with Gasteiger partial charge in [0.1, 0.15) is 0 Å². The number of H-pyrrole nitrogens is 1. The lowest BCUT2D eigenvalue weighted by Gasteiger charge is -2.09. The highest BCUT2D eigenvalue weighted by Gasteiger charge is 2.15. The van der Waals surface area contributed by atoms with Crippen LogP contribution in [0, 0.1) is 13.8 Å². The molecule has 78 valence electrons. The van der Waals surface area contributed by atoms with Crippen LogP contribution in [0.4, 0.5) is 0 Å². The number of aromatic nitrogens is 2. The molecule has 0 bridgehead atoms. The monoisotopic (exact) mass is 195 g/mol. The van der Waals surface area contributed by atoms with Gasteiger partial charge in [0, 0.05) is 17.3 Å². The van der Waals surface area contributed by atoms with Gasteiger partial charge < -0.3 is 5.32 Å². The maximum Gasteiger partial charge on any atom is 0.272 e. The summed E-state index contributed by atoms with van der Waals surface area (Å²) in [4.78, 5) is 11.7. The first kappa shape index (κ1) is 10.8. The van der Waals surface area contributed by atoms with Crippen LogP contribution in [0.1, 0.15) is 42.0 Å². The lowest BCUT2D eigenvalue weighted by atomic mass is 10.2. The molecule has 0 aromatic carbocycles. The summed E-state index contributed by atoms with van der Waals surface area (Å²) < 4.78 is 0. The van der Waals surface area contributed by atoms with Crippen LogP contribution in [0.15, 0.2) is 0 Å². The van der Waals surface area contributed by atoms with Gasteiger partial charge in [-0.05, 0) is 27.2 Å². The minimum atomic E-state index is -0.0961. The Balaban J connectivity index is 2.75. The maximum absolute atomic E-state index is 11.7. The third-order valence-electron chi connectivity index (χ3n) is 2.46. The summed E-state index contributed by atoms with van der Waals surface area (Å²) in [5.41, 5.74) is 2.37. The Morgan fingerprint density at radius 3 is 2.64 bits per heavy atom. The molecular formula is C10H17N3O. The van der Waals surface area contributed by atoms with Crippen molar-refractivity contribution >= 4 is 5.91 Å². The molecule has 1 unspecified atom stereocenters. The molecule has 4 heteroatoms. The molecule has 14 heavy (non-hydrogen) atoms. The number of amides is 1. The van der Waals surface area contributed by atoms with Gasteiger partial charge in [0.2, 0.25) is 0 Å². The van der Waals surface area contributed by atoms with Crippen LogP contribution >= 0.6 is 0 Å². The molecule has 0 aliphatic heterocycles. The van der Waals surface area contributed by atoms with Gasteiger partial charge in [0.15, 0.2) is 5.69 Å². The van der Waals surface area contributed by atoms with Crippen LogP contribution in [-0.2, 0) is 0 Å². The zero-order valence-corrected chi connectivity index (χ0v) is 9.14. The average molecular weight is 195 g/mol. The number of hydrogen-bond donors (Lipinski definition) is 2. The number of carbonyl (C=O) groups is 1. The van der Waals surface area contributed by atoms with Crippen LogP contribution in [0.25, 0.3) is 0 Å². The van der Waals surface area contributed by atoms with Crippen LogP contribution < -0.4 is 5.32 Å². The molecular weight excluding hydrogens is 178 g/mol. The third kappa shape index (κ3) is 2.13. The van der Waals surface area contributed by atoms with E-state index in [0.717, 1.165) is 17.7 Å². The molecule has 1 heterocycles. The smallest absolute Gasteiger partial charge is 0.272 e. The van der Waals surface area contributed by atoms with Crippen molar-refractivity contribution in [3.8, 4) is 0 Å². The van der Waals surface area contributed by atoms with Gasteiger partial charge in [0.05, 0.1) is 0 Å². The van der Waals surface area contributed by atoms with E-state index in [-0.39, 0.29) is 11.9 Å². The number of nitrogens with zero attached hydrogens (tertiary/aromatic N) is 1. The third-order valence-corrected chi connectivity index (χ3v) is 2.46. The second kappa shape index (κ2) is 4.26. The van der Waals surface area contributed by atoms with E-state index in [1.807, 2.05) is 27.7 Å². The quantitative estimate of drug-likeness (QED) is 0.768. The van der Waals surface area contributed by atoms with Gasteiger partial charge in [-0.25, -0.2) is 0 Å². The van der Waals surface area contributed by atoms with Crippen LogP contribution in [0.3, 0.4) is 0 Å². The molecule has 1 aromatic rings. The number of rotatable bonds is 3. The molecule has 1 atom stereocenters. The van der Waals surface area contributed by atoms with Crippen molar-refractivity contribution in [1.82, 2.24) is 15.5 Å². The minimum Gasteiger partial charge on any atom is -0.348 e. The summed E-state index contributed by atoms with van der Waals surface area (Å²) in [6, 6.07) is 0.193. The topological polar surface area (TPSA) is 57.8 Å². The van der Waals surface area contributed by atoms with E-state index < -0.39 is 0 Å². The highest BCUT2D eigenvalue weighted by molar-refractivity contribution is 5.93. The highest BCUT2D eigenvalue weighted by atomic mass is 16.2. The second-order valence-electron chi connectivity index (χ2n) is 3.60. The lowest BCUT2D eigenvalue weighted by Crippen LogP contribution is -2.32. The number of carbonyl (C=O) groups excluding carboxylic acids is 1. The Kier molecular flexibility index (Phi) is 3.28. The summed E-state index contributed by atoms with van der Waals surface area (Å²) in [7, 11) is 0. The molecule has 0 spiro atoms. The Morgan fingerprint density at radius 1 is 1.57 bits per heavy atom. The number of nitrogens with one attached hydrogen (secondary N) is 2. The summed E-state index contributed by atoms with van der Waals surface area (Å²) in [5, 5.41) is 9.64. The summed E-state index contributed by atoms with van der Waals surface area (Å²) in [6.45, 7) is 7.81. The maximum atomic E-state index is 11.7. The van der Waals surface area contributed by atoms with E-state index in [9.17, 15) is 4.79 Å². The van der Waals surface area contributed by atoms with Gasteiger partial charge in [0.25, 0.3) is 5.91 Å². The van der Waals surface area contributed by atoms with Crippen molar-refractivity contribution in [2.45, 2.75) is 40.2 Å². The van der Waals surface area contributed by atoms with Crippen LogP contribution in [0.2, 0.25) is 0 Å². The minimum absolute atomic E-state index is 0.0961. The number of aromatic amines is 1. The number of hydrogen-bond acceptors (Lipinski definition) is 2. The second-order valence-corrected chi connectivity index (χ2v) is 3.60. The molecule has 0 radical (unpaired) electrons. The molecule has 0 saturated carbocycles. The van der Waals surface area contributed by atoms with E-state index in [0.29, 0.717) is 5.69 Å². The molecule has 2 N–H and O–H groups in total. The fourth-order valence-corrected chi connectivity index (χ4v) is 1.10. The van der Waals surface area contributed by atoms with Gasteiger partial charge in [-0.3, -0.25) is 9.89 Å². The number of aryl methyl sites for hydroxylation is 1. The van der Waals surface area contributed by atoms with Crippen molar-refractivity contribution in [3.63, 3.8) is 0 Å². The largest absolute Gasteiger partial charge is 0.348 e. The van der Waals surface area contributed by atoms with Crippen molar-refractivity contribution < 1.29 is 4.79 Å². The van der Waals surface area contributed by atoms with Crippen molar-refractivity contribution in [2.75, 3.05) is 0 Å². The Hall–Kier alpha value is -1.32. The van der Waals surface area contributed by atoms with E-state index >= 15 is 0 Å². The predicted molar refractivity (Wildman–Crippen MR) is 55.3 cm³/mol. The van der Waals surface area contributed by atoms with Gasteiger partial charge in [-0.15, -0.1) is 0 Å². The molecule has 4 nitrogen and oxygen atoms in total. The van der Waals surface area contributed by atoms with Crippen LogP contribution in [0.5, 0.6) is 0 Å². The van der Waals surface area contributed by atoms with E-state index in [1.54, 1.807) is 0 Å². The highest BCUT2D eigenvalue weighted by Crippen LogP contribution is 2.08. The van der Waals surface area contributed by atoms with E-state index in [4.69, 9.17) is 0 Å². The zero-order valence-electron chi connectivity index (χ0n) is 9.14. The first-order valence-electron chi connectivity index (χ1n) is 4.88. The summed E-state index contributed by atoms with van der Waals surface area (Å²) >= 11 is 0. The SMILES string of the molecule is CCC(C)NC(=O)c1n[nH]c(C)c1C. The van der Waals surface area contributed by atoms with Crippen molar-refractivity contribution in [1.29, 1.82) is 0 Å². The normalized spacial score (nSPS) is 12.6. The molecule has 1 rings (SSSR count). The fourth-order valence-electron chi connectivity index (χ4n) is 1.10. The first-order chi connectivity index (χ1) is 6.56.